The fourth-order valence-electron chi connectivity index (χ4n) is 2.23. The molecular formula is C15H13Br2FN2O. The molecule has 21 heavy (non-hydrogen) atoms. The number of carbonyl (C=O) groups is 1. The zero-order valence-corrected chi connectivity index (χ0v) is 14.2. The predicted octanol–water partition coefficient (Wildman–Crippen LogP) is 4.42. The molecule has 1 amide bonds. The van der Waals surface area contributed by atoms with Crippen molar-refractivity contribution in [2.24, 2.45) is 0 Å². The minimum Gasteiger partial charge on any atom is -0.347 e. The molecule has 0 atom stereocenters. The SMILES string of the molecule is O=C(NCc1cc(Br)ccc1F)c1cc(Br)cn1C1CC1. The van der Waals surface area contributed by atoms with E-state index in [1.54, 1.807) is 18.2 Å². The normalized spacial score (nSPS) is 14.2. The van der Waals surface area contributed by atoms with E-state index >= 15 is 0 Å². The number of nitrogens with one attached hydrogen (secondary N) is 1. The number of hydrogen-bond acceptors (Lipinski definition) is 1. The van der Waals surface area contributed by atoms with Gasteiger partial charge in [0.1, 0.15) is 11.5 Å². The van der Waals surface area contributed by atoms with E-state index in [4.69, 9.17) is 0 Å². The summed E-state index contributed by atoms with van der Waals surface area (Å²) in [5.41, 5.74) is 1.07. The summed E-state index contributed by atoms with van der Waals surface area (Å²) in [5, 5.41) is 2.78. The van der Waals surface area contributed by atoms with Crippen LogP contribution in [0.1, 0.15) is 34.9 Å². The van der Waals surface area contributed by atoms with Crippen molar-refractivity contribution in [3.63, 3.8) is 0 Å². The molecule has 1 aromatic carbocycles. The first-order chi connectivity index (χ1) is 10.0. The van der Waals surface area contributed by atoms with Crippen LogP contribution in [-0.2, 0) is 6.54 Å². The van der Waals surface area contributed by atoms with Crippen molar-refractivity contribution in [2.75, 3.05) is 0 Å². The van der Waals surface area contributed by atoms with Crippen molar-refractivity contribution in [3.8, 4) is 0 Å². The molecule has 3 rings (SSSR count). The predicted molar refractivity (Wildman–Crippen MR) is 85.7 cm³/mol. The van der Waals surface area contributed by atoms with E-state index in [2.05, 4.69) is 37.2 Å². The molecule has 3 nitrogen and oxygen atoms in total. The first-order valence-electron chi connectivity index (χ1n) is 6.64. The quantitative estimate of drug-likeness (QED) is 0.787. The lowest BCUT2D eigenvalue weighted by atomic mass is 10.2. The van der Waals surface area contributed by atoms with Gasteiger partial charge in [-0.2, -0.15) is 0 Å². The Kier molecular flexibility index (Phi) is 4.17. The maximum absolute atomic E-state index is 13.7. The van der Waals surface area contributed by atoms with E-state index < -0.39 is 0 Å². The molecule has 0 bridgehead atoms. The van der Waals surface area contributed by atoms with Gasteiger partial charge in [-0.15, -0.1) is 0 Å². The Morgan fingerprint density at radius 2 is 2.05 bits per heavy atom. The van der Waals surface area contributed by atoms with Crippen molar-refractivity contribution in [1.29, 1.82) is 0 Å². The smallest absolute Gasteiger partial charge is 0.268 e. The van der Waals surface area contributed by atoms with E-state index in [9.17, 15) is 9.18 Å². The molecule has 0 saturated heterocycles. The average Bonchev–Trinajstić information content (AvgIpc) is 3.22. The molecule has 110 valence electrons. The van der Waals surface area contributed by atoms with Crippen LogP contribution < -0.4 is 5.32 Å². The van der Waals surface area contributed by atoms with Gasteiger partial charge in [0, 0.05) is 33.3 Å². The van der Waals surface area contributed by atoms with Crippen LogP contribution in [-0.4, -0.2) is 10.5 Å². The van der Waals surface area contributed by atoms with Crippen LogP contribution in [0.5, 0.6) is 0 Å². The third-order valence-corrected chi connectivity index (χ3v) is 4.36. The molecule has 6 heteroatoms. The highest BCUT2D eigenvalue weighted by Crippen LogP contribution is 2.37. The maximum atomic E-state index is 13.7. The number of halogens is 3. The van der Waals surface area contributed by atoms with Crippen LogP contribution in [0.2, 0.25) is 0 Å². The van der Waals surface area contributed by atoms with Crippen molar-refractivity contribution in [3.05, 3.63) is 56.5 Å². The monoisotopic (exact) mass is 414 g/mol. The second-order valence-corrected chi connectivity index (χ2v) is 6.93. The van der Waals surface area contributed by atoms with Crippen LogP contribution in [0.25, 0.3) is 0 Å². The molecule has 1 aliphatic rings. The number of hydrogen-bond donors (Lipinski definition) is 1. The van der Waals surface area contributed by atoms with Crippen LogP contribution in [0.15, 0.2) is 39.4 Å². The Morgan fingerprint density at radius 3 is 2.76 bits per heavy atom. The maximum Gasteiger partial charge on any atom is 0.268 e. The lowest BCUT2D eigenvalue weighted by molar-refractivity contribution is 0.0941. The summed E-state index contributed by atoms with van der Waals surface area (Å²) in [7, 11) is 0. The van der Waals surface area contributed by atoms with Gasteiger partial charge < -0.3 is 9.88 Å². The second kappa shape index (κ2) is 5.93. The average molecular weight is 416 g/mol. The van der Waals surface area contributed by atoms with E-state index in [0.717, 1.165) is 21.8 Å². The Balaban J connectivity index is 1.73. The summed E-state index contributed by atoms with van der Waals surface area (Å²) < 4.78 is 17.3. The molecule has 1 fully saturated rings. The molecule has 1 aliphatic carbocycles. The van der Waals surface area contributed by atoms with Crippen molar-refractivity contribution in [2.45, 2.75) is 25.4 Å². The molecule has 1 aromatic heterocycles. The molecule has 1 heterocycles. The second-order valence-electron chi connectivity index (χ2n) is 5.10. The van der Waals surface area contributed by atoms with Gasteiger partial charge >= 0.3 is 0 Å². The zero-order valence-electron chi connectivity index (χ0n) is 11.1. The molecule has 1 N–H and O–H groups in total. The lowest BCUT2D eigenvalue weighted by Crippen LogP contribution is -2.25. The van der Waals surface area contributed by atoms with Gasteiger partial charge in [0.25, 0.3) is 5.91 Å². The fourth-order valence-corrected chi connectivity index (χ4v) is 3.07. The minimum absolute atomic E-state index is 0.164. The molecule has 0 unspecified atom stereocenters. The van der Waals surface area contributed by atoms with Gasteiger partial charge in [-0.05, 0) is 53.0 Å². The van der Waals surface area contributed by atoms with Gasteiger partial charge in [0.15, 0.2) is 0 Å². The number of benzene rings is 1. The summed E-state index contributed by atoms with van der Waals surface area (Å²) in [6, 6.07) is 6.90. The zero-order chi connectivity index (χ0) is 15.0. The minimum atomic E-state index is -0.322. The summed E-state index contributed by atoms with van der Waals surface area (Å²) in [6.45, 7) is 0.164. The summed E-state index contributed by atoms with van der Waals surface area (Å²) in [4.78, 5) is 12.3. The molecule has 0 aliphatic heterocycles. The first kappa shape index (κ1) is 14.8. The number of carbonyl (C=O) groups excluding carboxylic acids is 1. The summed E-state index contributed by atoms with van der Waals surface area (Å²) >= 11 is 6.70. The molecule has 1 saturated carbocycles. The largest absolute Gasteiger partial charge is 0.347 e. The van der Waals surface area contributed by atoms with Crippen molar-refractivity contribution in [1.82, 2.24) is 9.88 Å². The first-order valence-corrected chi connectivity index (χ1v) is 8.22. The fraction of sp³-hybridized carbons (Fsp3) is 0.267. The topological polar surface area (TPSA) is 34.0 Å². The van der Waals surface area contributed by atoms with Gasteiger partial charge in [-0.1, -0.05) is 15.9 Å². The third-order valence-electron chi connectivity index (χ3n) is 3.44. The van der Waals surface area contributed by atoms with Crippen LogP contribution in [0.3, 0.4) is 0 Å². The van der Waals surface area contributed by atoms with Gasteiger partial charge in [0.2, 0.25) is 0 Å². The van der Waals surface area contributed by atoms with Gasteiger partial charge in [-0.3, -0.25) is 4.79 Å². The molecule has 0 spiro atoms. The van der Waals surface area contributed by atoms with Crippen molar-refractivity contribution < 1.29 is 9.18 Å². The Labute approximate surface area is 138 Å². The van der Waals surface area contributed by atoms with Crippen LogP contribution >= 0.6 is 31.9 Å². The summed E-state index contributed by atoms with van der Waals surface area (Å²) in [5.74, 6) is -0.510. The highest BCUT2D eigenvalue weighted by atomic mass is 79.9. The van der Waals surface area contributed by atoms with E-state index in [0.29, 0.717) is 17.3 Å². The summed E-state index contributed by atoms with van der Waals surface area (Å²) in [6.07, 6.45) is 4.12. The van der Waals surface area contributed by atoms with Crippen LogP contribution in [0.4, 0.5) is 4.39 Å². The number of aromatic nitrogens is 1. The Bertz CT molecular complexity index is 695. The highest BCUT2D eigenvalue weighted by Gasteiger charge is 2.27. The van der Waals surface area contributed by atoms with Crippen LogP contribution in [0, 0.1) is 5.82 Å². The Hall–Kier alpha value is -1.14. The van der Waals surface area contributed by atoms with Gasteiger partial charge in [0.05, 0.1) is 0 Å². The van der Waals surface area contributed by atoms with E-state index in [1.807, 2.05) is 10.8 Å². The molecule has 0 radical (unpaired) electrons. The Morgan fingerprint density at radius 1 is 1.29 bits per heavy atom. The molecular weight excluding hydrogens is 403 g/mol. The number of amides is 1. The van der Waals surface area contributed by atoms with E-state index in [1.165, 1.54) is 6.07 Å². The standard InChI is InChI=1S/C15H13Br2FN2O/c16-10-1-4-13(18)9(5-10)7-19-15(21)14-6-11(17)8-20(14)12-2-3-12/h1,4-6,8,12H,2-3,7H2,(H,19,21). The highest BCUT2D eigenvalue weighted by molar-refractivity contribution is 9.10. The van der Waals surface area contributed by atoms with Gasteiger partial charge in [-0.25, -0.2) is 4.39 Å². The third kappa shape index (κ3) is 3.37. The van der Waals surface area contributed by atoms with Crippen molar-refractivity contribution >= 4 is 37.8 Å². The van der Waals surface area contributed by atoms with E-state index in [-0.39, 0.29) is 18.3 Å². The number of rotatable bonds is 4. The lowest BCUT2D eigenvalue weighted by Gasteiger charge is -2.09. The molecule has 2 aromatic rings. The number of nitrogens with zero attached hydrogens (tertiary/aromatic N) is 1.